The Balaban J connectivity index is 2.36. The minimum absolute atomic E-state index is 0.225. The minimum atomic E-state index is -0.225. The van der Waals surface area contributed by atoms with Crippen LogP contribution in [0.2, 0.25) is 0 Å². The predicted molar refractivity (Wildman–Crippen MR) is 78.9 cm³/mol. The van der Waals surface area contributed by atoms with E-state index in [0.29, 0.717) is 0 Å². The van der Waals surface area contributed by atoms with E-state index in [0.717, 1.165) is 28.2 Å². The summed E-state index contributed by atoms with van der Waals surface area (Å²) in [5.41, 5.74) is 2.70. The second kappa shape index (κ2) is 5.66. The first kappa shape index (κ1) is 13.9. The molecule has 2 aromatic carbocycles. The van der Waals surface area contributed by atoms with Gasteiger partial charge in [0.05, 0.1) is 0 Å². The van der Waals surface area contributed by atoms with Crippen molar-refractivity contribution in [1.82, 2.24) is 0 Å². The average molecular weight is 276 g/mol. The van der Waals surface area contributed by atoms with Crippen molar-refractivity contribution in [3.05, 3.63) is 52.8 Å². The molecular formula is C16H17FOS. The van der Waals surface area contributed by atoms with Crippen LogP contribution in [0.4, 0.5) is 4.39 Å². The van der Waals surface area contributed by atoms with Crippen molar-refractivity contribution in [3.63, 3.8) is 0 Å². The number of benzene rings is 2. The van der Waals surface area contributed by atoms with Gasteiger partial charge in [0.15, 0.2) is 0 Å². The Kier molecular flexibility index (Phi) is 4.15. The topological polar surface area (TPSA) is 9.23 Å². The van der Waals surface area contributed by atoms with Gasteiger partial charge in [-0.05, 0) is 74.0 Å². The number of ether oxygens (including phenoxy) is 1. The summed E-state index contributed by atoms with van der Waals surface area (Å²) in [6, 6.07) is 9.07. The highest BCUT2D eigenvalue weighted by Gasteiger charge is 2.09. The standard InChI is InChI=1S/C16H17FOS/c1-10-9-14(19-4)5-6-15(10)18-16-11(2)7-13(17)8-12(16)3/h5-9H,1-4H3. The number of hydrogen-bond acceptors (Lipinski definition) is 2. The highest BCUT2D eigenvalue weighted by Crippen LogP contribution is 2.32. The normalized spacial score (nSPS) is 10.6. The molecule has 0 atom stereocenters. The molecule has 0 aliphatic heterocycles. The summed E-state index contributed by atoms with van der Waals surface area (Å²) in [5, 5.41) is 0. The molecule has 0 spiro atoms. The van der Waals surface area contributed by atoms with E-state index in [1.807, 2.05) is 39.2 Å². The van der Waals surface area contributed by atoms with Gasteiger partial charge in [-0.15, -0.1) is 11.8 Å². The zero-order chi connectivity index (χ0) is 14.0. The van der Waals surface area contributed by atoms with Gasteiger partial charge in [0, 0.05) is 4.90 Å². The Bertz CT molecular complexity index is 585. The van der Waals surface area contributed by atoms with E-state index in [4.69, 9.17) is 4.74 Å². The lowest BCUT2D eigenvalue weighted by molar-refractivity contribution is 0.468. The summed E-state index contributed by atoms with van der Waals surface area (Å²) in [6.45, 7) is 5.73. The maximum atomic E-state index is 13.3. The molecule has 0 saturated heterocycles. The number of hydrogen-bond donors (Lipinski definition) is 0. The summed E-state index contributed by atoms with van der Waals surface area (Å²) < 4.78 is 19.2. The Labute approximate surface area is 117 Å². The van der Waals surface area contributed by atoms with Gasteiger partial charge >= 0.3 is 0 Å². The van der Waals surface area contributed by atoms with E-state index in [2.05, 4.69) is 6.07 Å². The molecule has 0 unspecified atom stereocenters. The molecule has 1 nitrogen and oxygen atoms in total. The van der Waals surface area contributed by atoms with Gasteiger partial charge in [0.2, 0.25) is 0 Å². The van der Waals surface area contributed by atoms with Crippen LogP contribution in [0.3, 0.4) is 0 Å². The number of thioether (sulfide) groups is 1. The summed E-state index contributed by atoms with van der Waals surface area (Å²) in [5.74, 6) is 1.33. The Morgan fingerprint density at radius 1 is 0.947 bits per heavy atom. The molecule has 100 valence electrons. The number of rotatable bonds is 3. The molecule has 0 aliphatic rings. The van der Waals surface area contributed by atoms with Crippen molar-refractivity contribution >= 4 is 11.8 Å². The van der Waals surface area contributed by atoms with Crippen molar-refractivity contribution in [1.29, 1.82) is 0 Å². The largest absolute Gasteiger partial charge is 0.457 e. The van der Waals surface area contributed by atoms with Gasteiger partial charge in [-0.3, -0.25) is 0 Å². The first-order chi connectivity index (χ1) is 9.01. The fraction of sp³-hybridized carbons (Fsp3) is 0.250. The van der Waals surface area contributed by atoms with Crippen LogP contribution in [0.25, 0.3) is 0 Å². The van der Waals surface area contributed by atoms with Gasteiger partial charge < -0.3 is 4.74 Å². The van der Waals surface area contributed by atoms with Crippen LogP contribution in [0.15, 0.2) is 35.2 Å². The molecule has 0 N–H and O–H groups in total. The van der Waals surface area contributed by atoms with Crippen molar-refractivity contribution < 1.29 is 9.13 Å². The van der Waals surface area contributed by atoms with Gasteiger partial charge in [-0.2, -0.15) is 0 Å². The molecule has 2 rings (SSSR count). The Morgan fingerprint density at radius 3 is 2.11 bits per heavy atom. The predicted octanol–water partition coefficient (Wildman–Crippen LogP) is 5.27. The van der Waals surface area contributed by atoms with Crippen LogP contribution < -0.4 is 4.74 Å². The highest BCUT2D eigenvalue weighted by molar-refractivity contribution is 7.98. The summed E-state index contributed by atoms with van der Waals surface area (Å²) >= 11 is 1.70. The van der Waals surface area contributed by atoms with Crippen molar-refractivity contribution in [2.45, 2.75) is 25.7 Å². The van der Waals surface area contributed by atoms with Gasteiger partial charge in [-0.1, -0.05) is 0 Å². The van der Waals surface area contributed by atoms with Crippen LogP contribution in [-0.2, 0) is 0 Å². The SMILES string of the molecule is CSc1ccc(Oc2c(C)cc(F)cc2C)c(C)c1. The summed E-state index contributed by atoms with van der Waals surface area (Å²) in [4.78, 5) is 1.21. The average Bonchev–Trinajstić information content (AvgIpc) is 2.35. The van der Waals surface area contributed by atoms with E-state index < -0.39 is 0 Å². The third-order valence-corrected chi connectivity index (χ3v) is 3.74. The molecule has 0 fully saturated rings. The molecule has 3 heteroatoms. The van der Waals surface area contributed by atoms with Crippen molar-refractivity contribution in [3.8, 4) is 11.5 Å². The lowest BCUT2D eigenvalue weighted by Gasteiger charge is -2.14. The Morgan fingerprint density at radius 2 is 1.58 bits per heavy atom. The van der Waals surface area contributed by atoms with Crippen LogP contribution in [0.1, 0.15) is 16.7 Å². The van der Waals surface area contributed by atoms with Gasteiger partial charge in [0.25, 0.3) is 0 Å². The molecular weight excluding hydrogens is 259 g/mol. The fourth-order valence-electron chi connectivity index (χ4n) is 2.03. The zero-order valence-corrected chi connectivity index (χ0v) is 12.4. The molecule has 19 heavy (non-hydrogen) atoms. The maximum absolute atomic E-state index is 13.3. The molecule has 0 bridgehead atoms. The fourth-order valence-corrected chi connectivity index (χ4v) is 2.53. The molecule has 0 aliphatic carbocycles. The first-order valence-electron chi connectivity index (χ1n) is 6.10. The van der Waals surface area contributed by atoms with E-state index in [9.17, 15) is 4.39 Å². The molecule has 0 heterocycles. The molecule has 2 aromatic rings. The molecule has 0 amide bonds. The zero-order valence-electron chi connectivity index (χ0n) is 11.6. The van der Waals surface area contributed by atoms with Crippen LogP contribution in [0.5, 0.6) is 11.5 Å². The number of halogens is 1. The minimum Gasteiger partial charge on any atom is -0.457 e. The lowest BCUT2D eigenvalue weighted by atomic mass is 10.1. The van der Waals surface area contributed by atoms with Crippen LogP contribution in [0, 0.1) is 26.6 Å². The second-order valence-corrected chi connectivity index (χ2v) is 5.48. The second-order valence-electron chi connectivity index (χ2n) is 4.60. The number of aryl methyl sites for hydroxylation is 3. The van der Waals surface area contributed by atoms with Crippen LogP contribution >= 0.6 is 11.8 Å². The van der Waals surface area contributed by atoms with Gasteiger partial charge in [0.1, 0.15) is 17.3 Å². The summed E-state index contributed by atoms with van der Waals surface area (Å²) in [6.07, 6.45) is 2.05. The third kappa shape index (κ3) is 3.10. The van der Waals surface area contributed by atoms with Crippen molar-refractivity contribution in [2.75, 3.05) is 6.26 Å². The summed E-state index contributed by atoms with van der Waals surface area (Å²) in [7, 11) is 0. The lowest BCUT2D eigenvalue weighted by Crippen LogP contribution is -1.94. The monoisotopic (exact) mass is 276 g/mol. The molecule has 0 radical (unpaired) electrons. The Hall–Kier alpha value is -1.48. The third-order valence-electron chi connectivity index (χ3n) is 3.02. The van der Waals surface area contributed by atoms with E-state index >= 15 is 0 Å². The highest BCUT2D eigenvalue weighted by atomic mass is 32.2. The first-order valence-corrected chi connectivity index (χ1v) is 7.33. The van der Waals surface area contributed by atoms with Crippen LogP contribution in [-0.4, -0.2) is 6.26 Å². The maximum Gasteiger partial charge on any atom is 0.133 e. The van der Waals surface area contributed by atoms with Gasteiger partial charge in [-0.25, -0.2) is 4.39 Å². The van der Waals surface area contributed by atoms with Crippen molar-refractivity contribution in [2.24, 2.45) is 0 Å². The smallest absolute Gasteiger partial charge is 0.133 e. The van der Waals surface area contributed by atoms with E-state index in [-0.39, 0.29) is 5.82 Å². The van der Waals surface area contributed by atoms with E-state index in [1.165, 1.54) is 17.0 Å². The molecule has 0 saturated carbocycles. The van der Waals surface area contributed by atoms with E-state index in [1.54, 1.807) is 11.8 Å². The quantitative estimate of drug-likeness (QED) is 0.707. The molecule has 0 aromatic heterocycles.